The van der Waals surface area contributed by atoms with E-state index in [-0.39, 0.29) is 30.7 Å². The van der Waals surface area contributed by atoms with Crippen LogP contribution in [0.25, 0.3) is 0 Å². The number of carbonyl (C=O) groups is 1. The zero-order valence-corrected chi connectivity index (χ0v) is 21.9. The summed E-state index contributed by atoms with van der Waals surface area (Å²) < 4.78 is 8.17. The maximum absolute atomic E-state index is 13.0. The molecule has 1 saturated heterocycles. The van der Waals surface area contributed by atoms with Gasteiger partial charge in [-0.15, -0.1) is 24.8 Å². The highest BCUT2D eigenvalue weighted by Gasteiger charge is 2.24. The van der Waals surface area contributed by atoms with Crippen LogP contribution in [-0.2, 0) is 13.1 Å². The van der Waals surface area contributed by atoms with Crippen LogP contribution < -0.4 is 4.74 Å². The van der Waals surface area contributed by atoms with Crippen LogP contribution in [0.2, 0.25) is 0 Å². The predicted octanol–water partition coefficient (Wildman–Crippen LogP) is 4.38. The van der Waals surface area contributed by atoms with Crippen molar-refractivity contribution in [1.29, 1.82) is 5.26 Å². The third-order valence-corrected chi connectivity index (χ3v) is 6.38. The van der Waals surface area contributed by atoms with Crippen molar-refractivity contribution in [3.63, 3.8) is 0 Å². The molecule has 1 aliphatic rings. The summed E-state index contributed by atoms with van der Waals surface area (Å²) in [5, 5.41) is 8.96. The van der Waals surface area contributed by atoms with Gasteiger partial charge in [0.25, 0.3) is 5.91 Å². The Bertz CT molecular complexity index is 1140. The maximum Gasteiger partial charge on any atom is 0.255 e. The van der Waals surface area contributed by atoms with E-state index in [1.54, 1.807) is 13.2 Å². The fraction of sp³-hybridized carbons (Fsp3) is 0.292. The van der Waals surface area contributed by atoms with Gasteiger partial charge in [0.05, 0.1) is 36.3 Å². The van der Waals surface area contributed by atoms with Gasteiger partial charge in [-0.05, 0) is 51.8 Å². The quantitative estimate of drug-likeness (QED) is 0.443. The predicted molar refractivity (Wildman–Crippen MR) is 139 cm³/mol. The van der Waals surface area contributed by atoms with E-state index in [9.17, 15) is 4.79 Å². The summed E-state index contributed by atoms with van der Waals surface area (Å²) in [4.78, 5) is 21.6. The number of halogens is 3. The lowest BCUT2D eigenvalue weighted by Crippen LogP contribution is -2.48. The van der Waals surface area contributed by atoms with Crippen LogP contribution in [0.5, 0.6) is 5.75 Å². The van der Waals surface area contributed by atoms with Gasteiger partial charge in [0.15, 0.2) is 0 Å². The number of piperazine rings is 1. The third kappa shape index (κ3) is 6.51. The summed E-state index contributed by atoms with van der Waals surface area (Å²) in [6.45, 7) is 4.44. The maximum atomic E-state index is 13.0. The van der Waals surface area contributed by atoms with E-state index in [0.29, 0.717) is 36.5 Å². The Labute approximate surface area is 220 Å². The Morgan fingerprint density at radius 1 is 1.09 bits per heavy atom. The monoisotopic (exact) mass is 565 g/mol. The van der Waals surface area contributed by atoms with Gasteiger partial charge >= 0.3 is 0 Å². The van der Waals surface area contributed by atoms with Gasteiger partial charge in [0, 0.05) is 49.9 Å². The van der Waals surface area contributed by atoms with Gasteiger partial charge in [0.2, 0.25) is 0 Å². The number of nitriles is 1. The lowest BCUT2D eigenvalue weighted by Gasteiger charge is -2.35. The molecule has 1 fully saturated rings. The first-order valence-electron chi connectivity index (χ1n) is 10.4. The van der Waals surface area contributed by atoms with Gasteiger partial charge in [-0.3, -0.25) is 9.69 Å². The summed E-state index contributed by atoms with van der Waals surface area (Å²) in [5.41, 5.74) is 3.54. The average molecular weight is 567 g/mol. The minimum Gasteiger partial charge on any atom is -0.497 e. The fourth-order valence-electron chi connectivity index (χ4n) is 3.81. The molecule has 7 nitrogen and oxygen atoms in total. The number of methoxy groups -OCH3 is 1. The van der Waals surface area contributed by atoms with E-state index in [1.807, 2.05) is 53.8 Å². The lowest BCUT2D eigenvalue weighted by atomic mass is 10.1. The summed E-state index contributed by atoms with van der Waals surface area (Å²) in [5.74, 6) is 0.687. The highest BCUT2D eigenvalue weighted by atomic mass is 79.9. The summed E-state index contributed by atoms with van der Waals surface area (Å²) in [6.07, 6.45) is 3.74. The van der Waals surface area contributed by atoms with Crippen molar-refractivity contribution in [1.82, 2.24) is 19.4 Å². The number of amides is 1. The molecule has 2 heterocycles. The number of hydrogen-bond donors (Lipinski definition) is 0. The van der Waals surface area contributed by atoms with Crippen molar-refractivity contribution < 1.29 is 9.53 Å². The molecule has 1 amide bonds. The summed E-state index contributed by atoms with van der Waals surface area (Å²) in [6, 6.07) is 15.2. The molecule has 0 bridgehead atoms. The molecule has 34 heavy (non-hydrogen) atoms. The first kappa shape index (κ1) is 27.7. The SMILES string of the molecule is COc1ccc(Br)c(C(=O)N2CCN(Cc3cncn3Cc3ccc(C#N)cc3)CC2)c1.Cl.Cl. The number of carbonyl (C=O) groups excluding carboxylic acids is 1. The molecule has 1 aliphatic heterocycles. The molecule has 4 rings (SSSR count). The Kier molecular flexibility index (Phi) is 10.4. The van der Waals surface area contributed by atoms with E-state index >= 15 is 0 Å². The smallest absolute Gasteiger partial charge is 0.255 e. The molecule has 0 N–H and O–H groups in total. The van der Waals surface area contributed by atoms with Crippen LogP contribution in [0.4, 0.5) is 0 Å². The first-order chi connectivity index (χ1) is 15.6. The normalized spacial score (nSPS) is 13.4. The second-order valence-electron chi connectivity index (χ2n) is 7.74. The van der Waals surface area contributed by atoms with E-state index < -0.39 is 0 Å². The molecule has 10 heteroatoms. The van der Waals surface area contributed by atoms with Crippen LogP contribution in [0.15, 0.2) is 59.5 Å². The molecule has 3 aromatic rings. The zero-order valence-electron chi connectivity index (χ0n) is 18.7. The molecular formula is C24H26BrCl2N5O2. The number of ether oxygens (including phenoxy) is 1. The fourth-order valence-corrected chi connectivity index (χ4v) is 4.22. The van der Waals surface area contributed by atoms with Crippen molar-refractivity contribution in [2.45, 2.75) is 13.1 Å². The van der Waals surface area contributed by atoms with Crippen LogP contribution in [-0.4, -0.2) is 58.5 Å². The number of benzene rings is 2. The minimum absolute atomic E-state index is 0. The van der Waals surface area contributed by atoms with Crippen molar-refractivity contribution in [2.24, 2.45) is 0 Å². The van der Waals surface area contributed by atoms with E-state index in [2.05, 4.69) is 36.5 Å². The molecule has 0 radical (unpaired) electrons. The van der Waals surface area contributed by atoms with Crippen LogP contribution >= 0.6 is 40.7 Å². The van der Waals surface area contributed by atoms with E-state index in [4.69, 9.17) is 10.00 Å². The molecule has 0 aliphatic carbocycles. The van der Waals surface area contributed by atoms with Gasteiger partial charge in [-0.25, -0.2) is 4.98 Å². The largest absolute Gasteiger partial charge is 0.497 e. The Balaban J connectivity index is 0.00000204. The second-order valence-corrected chi connectivity index (χ2v) is 8.59. The molecule has 0 unspecified atom stereocenters. The van der Waals surface area contributed by atoms with Crippen molar-refractivity contribution in [3.8, 4) is 11.8 Å². The van der Waals surface area contributed by atoms with Gasteiger partial charge in [-0.1, -0.05) is 12.1 Å². The Morgan fingerprint density at radius 2 is 1.79 bits per heavy atom. The Morgan fingerprint density at radius 3 is 2.44 bits per heavy atom. The zero-order chi connectivity index (χ0) is 22.5. The van der Waals surface area contributed by atoms with Gasteiger partial charge in [0.1, 0.15) is 5.75 Å². The lowest BCUT2D eigenvalue weighted by molar-refractivity contribution is 0.0624. The minimum atomic E-state index is 0. The topological polar surface area (TPSA) is 74.4 Å². The molecule has 2 aromatic carbocycles. The van der Waals surface area contributed by atoms with Gasteiger partial charge in [-0.2, -0.15) is 5.26 Å². The summed E-state index contributed by atoms with van der Waals surface area (Å²) >= 11 is 3.48. The molecule has 180 valence electrons. The number of nitrogens with zero attached hydrogens (tertiary/aromatic N) is 5. The van der Waals surface area contributed by atoms with Gasteiger partial charge < -0.3 is 14.2 Å². The van der Waals surface area contributed by atoms with Crippen LogP contribution in [0.3, 0.4) is 0 Å². The number of rotatable bonds is 6. The Hall–Kier alpha value is -2.57. The first-order valence-corrected chi connectivity index (χ1v) is 11.2. The number of imidazole rings is 1. The van der Waals surface area contributed by atoms with Crippen molar-refractivity contribution in [2.75, 3.05) is 33.3 Å². The van der Waals surface area contributed by atoms with E-state index in [1.165, 1.54) is 0 Å². The van der Waals surface area contributed by atoms with Crippen molar-refractivity contribution in [3.05, 3.63) is 81.8 Å². The van der Waals surface area contributed by atoms with Crippen molar-refractivity contribution >= 4 is 46.7 Å². The standard InChI is InChI=1S/C24H24BrN5O2.2ClH/c1-32-21-6-7-23(25)22(12-21)24(31)29-10-8-28(9-11-29)16-20-14-27-17-30(20)15-19-4-2-18(13-26)3-5-19;;/h2-7,12,14,17H,8-11,15-16H2,1H3;2*1H. The molecular weight excluding hydrogens is 541 g/mol. The molecule has 1 aromatic heterocycles. The molecule has 0 spiro atoms. The van der Waals surface area contributed by atoms with Crippen LogP contribution in [0, 0.1) is 11.3 Å². The number of aromatic nitrogens is 2. The average Bonchev–Trinajstić information content (AvgIpc) is 3.26. The highest BCUT2D eigenvalue weighted by Crippen LogP contribution is 2.24. The number of hydrogen-bond acceptors (Lipinski definition) is 5. The highest BCUT2D eigenvalue weighted by molar-refractivity contribution is 9.10. The third-order valence-electron chi connectivity index (χ3n) is 5.68. The second kappa shape index (κ2) is 12.8. The molecule has 0 saturated carbocycles. The molecule has 0 atom stereocenters. The van der Waals surface area contributed by atoms with E-state index in [0.717, 1.165) is 35.4 Å². The summed E-state index contributed by atoms with van der Waals surface area (Å²) in [7, 11) is 1.60. The van der Waals surface area contributed by atoms with Crippen LogP contribution in [0.1, 0.15) is 27.2 Å².